The van der Waals surface area contributed by atoms with Gasteiger partial charge in [0, 0.05) is 56.3 Å². The normalized spacial score (nSPS) is 11.2. The number of rotatable bonds is 6. The summed E-state index contributed by atoms with van der Waals surface area (Å²) in [5.74, 6) is 0. The van der Waals surface area contributed by atoms with Gasteiger partial charge in [-0.05, 0) is 19.2 Å². The number of hydrogen-bond acceptors (Lipinski definition) is 4. The molecule has 0 aliphatic rings. The van der Waals surface area contributed by atoms with E-state index in [0.29, 0.717) is 18.8 Å². The molecule has 0 saturated carbocycles. The third-order valence-electron chi connectivity index (χ3n) is 5.36. The van der Waals surface area contributed by atoms with Crippen LogP contribution in [0.25, 0.3) is 16.9 Å². The molecule has 0 aliphatic carbocycles. The summed E-state index contributed by atoms with van der Waals surface area (Å²) in [7, 11) is 5.15. The predicted molar refractivity (Wildman–Crippen MR) is 121 cm³/mol. The van der Waals surface area contributed by atoms with Crippen LogP contribution < -0.4 is 11.2 Å². The second kappa shape index (κ2) is 8.57. The summed E-state index contributed by atoms with van der Waals surface area (Å²) in [5, 5.41) is 4.85. The molecule has 31 heavy (non-hydrogen) atoms. The molecule has 7 heteroatoms. The number of para-hydroxylation sites is 1. The largest absolute Gasteiger partial charge is 0.330 e. The Hall–Kier alpha value is -3.71. The van der Waals surface area contributed by atoms with Crippen LogP contribution >= 0.6 is 0 Å². The molecule has 7 nitrogen and oxygen atoms in total. The first-order chi connectivity index (χ1) is 14.9. The molecular weight excluding hydrogens is 390 g/mol. The Balaban J connectivity index is 1.67. The van der Waals surface area contributed by atoms with E-state index in [1.165, 1.54) is 17.7 Å². The highest BCUT2D eigenvalue weighted by Gasteiger charge is 2.15. The molecule has 0 N–H and O–H groups in total. The zero-order valence-electron chi connectivity index (χ0n) is 17.9. The van der Waals surface area contributed by atoms with E-state index in [9.17, 15) is 9.59 Å². The van der Waals surface area contributed by atoms with Gasteiger partial charge in [0.2, 0.25) is 0 Å². The Morgan fingerprint density at radius 2 is 1.52 bits per heavy atom. The fourth-order valence-corrected chi connectivity index (χ4v) is 3.63. The van der Waals surface area contributed by atoms with Crippen molar-refractivity contribution in [3.8, 4) is 16.9 Å². The second-order valence-corrected chi connectivity index (χ2v) is 7.70. The van der Waals surface area contributed by atoms with Crippen LogP contribution in [-0.2, 0) is 27.2 Å². The van der Waals surface area contributed by atoms with E-state index in [4.69, 9.17) is 5.10 Å². The van der Waals surface area contributed by atoms with Crippen LogP contribution in [0.2, 0.25) is 0 Å². The highest BCUT2D eigenvalue weighted by molar-refractivity contribution is 5.63. The summed E-state index contributed by atoms with van der Waals surface area (Å²) in [6.45, 7) is 1.08. The Morgan fingerprint density at radius 1 is 0.871 bits per heavy atom. The maximum atomic E-state index is 12.2. The molecule has 0 atom stereocenters. The minimum atomic E-state index is -0.322. The van der Waals surface area contributed by atoms with Crippen LogP contribution in [0.5, 0.6) is 0 Å². The smallest absolute Gasteiger partial charge is 0.299 e. The van der Waals surface area contributed by atoms with E-state index in [-0.39, 0.29) is 11.2 Å². The van der Waals surface area contributed by atoms with Gasteiger partial charge >= 0.3 is 5.69 Å². The van der Waals surface area contributed by atoms with Crippen molar-refractivity contribution in [3.05, 3.63) is 105 Å². The quantitative estimate of drug-likeness (QED) is 0.486. The molecule has 158 valence electrons. The van der Waals surface area contributed by atoms with Gasteiger partial charge in [-0.25, -0.2) is 9.48 Å². The standard InChI is InChI=1S/C24H25N5O2/c1-26(17-21-14-22(30)28(3)24(31)27(21)2)15-19-16-29(20-12-8-5-9-13-20)25-23(19)18-10-6-4-7-11-18/h4-14,16H,15,17H2,1-3H3. The van der Waals surface area contributed by atoms with Crippen LogP contribution in [0.3, 0.4) is 0 Å². The first kappa shape index (κ1) is 20.6. The lowest BCUT2D eigenvalue weighted by Crippen LogP contribution is -2.39. The van der Waals surface area contributed by atoms with Crippen LogP contribution in [0, 0.1) is 0 Å². The minimum Gasteiger partial charge on any atom is -0.299 e. The summed E-state index contributed by atoms with van der Waals surface area (Å²) in [5.41, 5.74) is 4.06. The molecule has 0 radical (unpaired) electrons. The van der Waals surface area contributed by atoms with Gasteiger partial charge in [-0.3, -0.25) is 18.8 Å². The summed E-state index contributed by atoms with van der Waals surface area (Å²) in [4.78, 5) is 26.4. The van der Waals surface area contributed by atoms with Gasteiger partial charge in [-0.15, -0.1) is 0 Å². The number of hydrogen-bond donors (Lipinski definition) is 0. The highest BCUT2D eigenvalue weighted by Crippen LogP contribution is 2.25. The third kappa shape index (κ3) is 4.27. The molecule has 0 spiro atoms. The number of aromatic nitrogens is 4. The van der Waals surface area contributed by atoms with Gasteiger partial charge in [-0.1, -0.05) is 48.5 Å². The van der Waals surface area contributed by atoms with Gasteiger partial charge in [0.05, 0.1) is 11.4 Å². The summed E-state index contributed by atoms with van der Waals surface area (Å²) < 4.78 is 4.52. The molecule has 0 fully saturated rings. The van der Waals surface area contributed by atoms with Gasteiger partial charge in [-0.2, -0.15) is 5.10 Å². The first-order valence-electron chi connectivity index (χ1n) is 10.1. The zero-order valence-corrected chi connectivity index (χ0v) is 17.9. The predicted octanol–water partition coefficient (Wildman–Crippen LogP) is 2.57. The van der Waals surface area contributed by atoms with Crippen molar-refractivity contribution in [2.24, 2.45) is 14.1 Å². The fraction of sp³-hybridized carbons (Fsp3) is 0.208. The Kier molecular flexibility index (Phi) is 5.68. The molecule has 0 aliphatic heterocycles. The molecular formula is C24H25N5O2. The monoisotopic (exact) mass is 415 g/mol. The van der Waals surface area contributed by atoms with Crippen LogP contribution in [0.15, 0.2) is 82.5 Å². The Labute approximate surface area is 180 Å². The number of benzene rings is 2. The van der Waals surface area contributed by atoms with E-state index in [1.54, 1.807) is 7.05 Å². The average molecular weight is 415 g/mol. The van der Waals surface area contributed by atoms with Crippen molar-refractivity contribution in [2.45, 2.75) is 13.1 Å². The van der Waals surface area contributed by atoms with Crippen molar-refractivity contribution in [2.75, 3.05) is 7.05 Å². The lowest BCUT2D eigenvalue weighted by Gasteiger charge is -2.18. The van der Waals surface area contributed by atoms with Gasteiger partial charge in [0.25, 0.3) is 5.56 Å². The summed E-state index contributed by atoms with van der Waals surface area (Å²) in [6.07, 6.45) is 2.04. The lowest BCUT2D eigenvalue weighted by molar-refractivity contribution is 0.308. The van der Waals surface area contributed by atoms with Crippen molar-refractivity contribution < 1.29 is 0 Å². The zero-order chi connectivity index (χ0) is 22.0. The van der Waals surface area contributed by atoms with E-state index >= 15 is 0 Å². The van der Waals surface area contributed by atoms with Gasteiger partial charge < -0.3 is 0 Å². The molecule has 0 bridgehead atoms. The van der Waals surface area contributed by atoms with Gasteiger partial charge in [0.1, 0.15) is 0 Å². The van der Waals surface area contributed by atoms with Crippen molar-refractivity contribution in [1.29, 1.82) is 0 Å². The van der Waals surface area contributed by atoms with E-state index in [2.05, 4.69) is 4.90 Å². The number of nitrogens with zero attached hydrogens (tertiary/aromatic N) is 5. The third-order valence-corrected chi connectivity index (χ3v) is 5.36. The van der Waals surface area contributed by atoms with Crippen molar-refractivity contribution in [3.63, 3.8) is 0 Å². The fourth-order valence-electron chi connectivity index (χ4n) is 3.63. The average Bonchev–Trinajstić information content (AvgIpc) is 3.21. The van der Waals surface area contributed by atoms with Gasteiger partial charge in [0.15, 0.2) is 0 Å². The van der Waals surface area contributed by atoms with E-state index < -0.39 is 0 Å². The maximum absolute atomic E-state index is 12.2. The Morgan fingerprint density at radius 3 is 2.19 bits per heavy atom. The second-order valence-electron chi connectivity index (χ2n) is 7.70. The van der Waals surface area contributed by atoms with E-state index in [1.807, 2.05) is 78.6 Å². The molecule has 2 heterocycles. The highest BCUT2D eigenvalue weighted by atomic mass is 16.2. The molecule has 2 aromatic heterocycles. The van der Waals surface area contributed by atoms with Crippen molar-refractivity contribution >= 4 is 0 Å². The molecule has 4 rings (SSSR count). The molecule has 0 saturated heterocycles. The lowest BCUT2D eigenvalue weighted by atomic mass is 10.1. The topological polar surface area (TPSA) is 65.1 Å². The first-order valence-corrected chi connectivity index (χ1v) is 10.1. The molecule has 4 aromatic rings. The molecule has 0 amide bonds. The van der Waals surface area contributed by atoms with Crippen LogP contribution in [0.4, 0.5) is 0 Å². The molecule has 0 unspecified atom stereocenters. The SMILES string of the molecule is CN(Cc1cn(-c2ccccc2)nc1-c1ccccc1)Cc1cc(=O)n(C)c(=O)n1C. The van der Waals surface area contributed by atoms with Crippen LogP contribution in [0.1, 0.15) is 11.3 Å². The van der Waals surface area contributed by atoms with Crippen molar-refractivity contribution in [1.82, 2.24) is 23.8 Å². The van der Waals surface area contributed by atoms with E-state index in [0.717, 1.165) is 27.1 Å². The molecule has 2 aromatic carbocycles. The minimum absolute atomic E-state index is 0.298. The summed E-state index contributed by atoms with van der Waals surface area (Å²) in [6, 6.07) is 21.6. The summed E-state index contributed by atoms with van der Waals surface area (Å²) >= 11 is 0. The maximum Gasteiger partial charge on any atom is 0.330 e. The Bertz CT molecular complexity index is 1300. The van der Waals surface area contributed by atoms with Crippen LogP contribution in [-0.4, -0.2) is 30.9 Å².